The van der Waals surface area contributed by atoms with Gasteiger partial charge in [0.15, 0.2) is 0 Å². The number of rotatable bonds is 2. The molecule has 0 spiro atoms. The van der Waals surface area contributed by atoms with E-state index in [1.807, 2.05) is 0 Å². The van der Waals surface area contributed by atoms with Gasteiger partial charge in [-0.25, -0.2) is 0 Å². The predicted octanol–water partition coefficient (Wildman–Crippen LogP) is -1.21. The third-order valence-electron chi connectivity index (χ3n) is 1.73. The Morgan fingerprint density at radius 2 is 2.00 bits per heavy atom. The van der Waals surface area contributed by atoms with Crippen molar-refractivity contribution in [3.05, 3.63) is 0 Å². The molecule has 0 bridgehead atoms. The minimum Gasteiger partial charge on any atom is -0.394 e. The maximum absolute atomic E-state index is 9.25. The van der Waals surface area contributed by atoms with Gasteiger partial charge in [0.1, 0.15) is 23.7 Å². The van der Waals surface area contributed by atoms with Crippen LogP contribution < -0.4 is 0 Å². The van der Waals surface area contributed by atoms with E-state index >= 15 is 0 Å². The number of ether oxygens (including phenoxy) is 1. The summed E-state index contributed by atoms with van der Waals surface area (Å²) in [4.78, 5) is 0. The summed E-state index contributed by atoms with van der Waals surface area (Å²) in [6, 6.07) is 0. The summed E-state index contributed by atoms with van der Waals surface area (Å²) < 4.78 is 5.10. The van der Waals surface area contributed by atoms with Crippen molar-refractivity contribution in [3.8, 4) is 0 Å². The van der Waals surface area contributed by atoms with Crippen molar-refractivity contribution in [2.45, 2.75) is 23.7 Å². The van der Waals surface area contributed by atoms with Gasteiger partial charge < -0.3 is 20.1 Å². The van der Waals surface area contributed by atoms with Crippen molar-refractivity contribution in [2.24, 2.45) is 0 Å². The van der Waals surface area contributed by atoms with Gasteiger partial charge in [-0.2, -0.15) is 0 Å². The van der Waals surface area contributed by atoms with Crippen LogP contribution in [0.15, 0.2) is 0 Å². The van der Waals surface area contributed by atoms with Gasteiger partial charge in [-0.15, -0.1) is 11.8 Å². The van der Waals surface area contributed by atoms with Crippen LogP contribution in [-0.4, -0.2) is 51.9 Å². The maximum Gasteiger partial charge on any atom is 0.132 e. The number of hydrogen-bond acceptors (Lipinski definition) is 5. The molecule has 0 aromatic carbocycles. The lowest BCUT2D eigenvalue weighted by atomic mass is 10.2. The second-order valence-corrected chi connectivity index (χ2v) is 3.38. The molecule has 11 heavy (non-hydrogen) atoms. The second-order valence-electron chi connectivity index (χ2n) is 2.44. The molecule has 1 heterocycles. The van der Waals surface area contributed by atoms with Gasteiger partial charge in [0, 0.05) is 0 Å². The van der Waals surface area contributed by atoms with Gasteiger partial charge in [0.25, 0.3) is 0 Å². The largest absolute Gasteiger partial charge is 0.394 e. The first kappa shape index (κ1) is 9.28. The maximum atomic E-state index is 9.25. The number of aliphatic hydroxyl groups is 3. The first-order valence-electron chi connectivity index (χ1n) is 3.36. The van der Waals surface area contributed by atoms with Crippen LogP contribution in [0, 0.1) is 0 Å². The van der Waals surface area contributed by atoms with Crippen molar-refractivity contribution in [1.29, 1.82) is 0 Å². The molecule has 4 atom stereocenters. The molecule has 1 fully saturated rings. The molecule has 0 saturated carbocycles. The van der Waals surface area contributed by atoms with Crippen LogP contribution in [0.3, 0.4) is 0 Å². The quantitative estimate of drug-likeness (QED) is 0.497. The average molecular weight is 180 g/mol. The van der Waals surface area contributed by atoms with Crippen molar-refractivity contribution >= 4 is 11.8 Å². The van der Waals surface area contributed by atoms with Crippen LogP contribution in [0.5, 0.6) is 0 Å². The fourth-order valence-corrected chi connectivity index (χ4v) is 1.75. The highest BCUT2D eigenvalue weighted by molar-refractivity contribution is 7.99. The van der Waals surface area contributed by atoms with Gasteiger partial charge in [0.2, 0.25) is 0 Å². The van der Waals surface area contributed by atoms with Crippen LogP contribution >= 0.6 is 11.8 Å². The Morgan fingerprint density at radius 1 is 1.36 bits per heavy atom. The molecule has 0 aromatic rings. The van der Waals surface area contributed by atoms with Crippen molar-refractivity contribution in [3.63, 3.8) is 0 Å². The lowest BCUT2D eigenvalue weighted by molar-refractivity contribution is -0.00805. The monoisotopic (exact) mass is 180 g/mol. The number of thioether (sulfide) groups is 1. The first-order chi connectivity index (χ1) is 5.20. The SMILES string of the molecule is CS[C@@H]1O[C@H](CO)[C@@H](O)[C@H]1O. The van der Waals surface area contributed by atoms with Crippen LogP contribution in [0.25, 0.3) is 0 Å². The molecule has 0 aliphatic carbocycles. The molecule has 0 radical (unpaired) electrons. The third kappa shape index (κ3) is 1.68. The molecular formula is C6H12O4S. The second kappa shape index (κ2) is 3.73. The minimum atomic E-state index is -0.961. The smallest absolute Gasteiger partial charge is 0.132 e. The Labute approximate surface area is 69.2 Å². The molecule has 3 N–H and O–H groups in total. The summed E-state index contributed by atoms with van der Waals surface area (Å²) in [5.74, 6) is 0. The molecule has 5 heteroatoms. The van der Waals surface area contributed by atoms with E-state index in [9.17, 15) is 10.2 Å². The zero-order valence-corrected chi connectivity index (χ0v) is 6.99. The Kier molecular flexibility index (Phi) is 3.15. The molecule has 4 nitrogen and oxygen atoms in total. The zero-order chi connectivity index (χ0) is 8.43. The van der Waals surface area contributed by atoms with E-state index in [1.165, 1.54) is 11.8 Å². The van der Waals surface area contributed by atoms with E-state index in [0.717, 1.165) is 0 Å². The van der Waals surface area contributed by atoms with Crippen molar-refractivity contribution < 1.29 is 20.1 Å². The summed E-state index contributed by atoms with van der Waals surface area (Å²) >= 11 is 1.32. The molecule has 66 valence electrons. The topological polar surface area (TPSA) is 69.9 Å². The van der Waals surface area contributed by atoms with Crippen LogP contribution in [0.4, 0.5) is 0 Å². The fraction of sp³-hybridized carbons (Fsp3) is 1.00. The summed E-state index contributed by atoms with van der Waals surface area (Å²) in [6.45, 7) is -0.255. The lowest BCUT2D eigenvalue weighted by Crippen LogP contribution is -2.33. The summed E-state index contributed by atoms with van der Waals surface area (Å²) in [5, 5.41) is 27.1. The van der Waals surface area contributed by atoms with E-state index < -0.39 is 23.7 Å². The molecule has 0 unspecified atom stereocenters. The molecule has 1 saturated heterocycles. The van der Waals surface area contributed by atoms with Crippen LogP contribution in [-0.2, 0) is 4.74 Å². The predicted molar refractivity (Wildman–Crippen MR) is 41.3 cm³/mol. The Bertz CT molecular complexity index is 114. The Balaban J connectivity index is 2.53. The molecular weight excluding hydrogens is 168 g/mol. The highest BCUT2D eigenvalue weighted by Gasteiger charge is 2.41. The molecule has 1 aliphatic rings. The summed E-state index contributed by atoms with van der Waals surface area (Å²) in [7, 11) is 0. The first-order valence-corrected chi connectivity index (χ1v) is 4.64. The van der Waals surface area contributed by atoms with E-state index in [-0.39, 0.29) is 6.61 Å². The molecule has 0 amide bonds. The minimum absolute atomic E-state index is 0.255. The van der Waals surface area contributed by atoms with E-state index in [4.69, 9.17) is 9.84 Å². The van der Waals surface area contributed by atoms with E-state index in [2.05, 4.69) is 0 Å². The third-order valence-corrected chi connectivity index (χ3v) is 2.59. The summed E-state index contributed by atoms with van der Waals surface area (Å²) in [6.07, 6.45) is -0.706. The average Bonchev–Trinajstić information content (AvgIpc) is 2.30. The number of aliphatic hydroxyl groups excluding tert-OH is 3. The van der Waals surface area contributed by atoms with E-state index in [0.29, 0.717) is 0 Å². The molecule has 1 aliphatic heterocycles. The standard InChI is InChI=1S/C6H12O4S/c1-11-6-5(9)4(8)3(2-7)10-6/h3-9H,2H2,1H3/t3-,4-,5-,6+/m1/s1. The number of hydrogen-bond donors (Lipinski definition) is 3. The zero-order valence-electron chi connectivity index (χ0n) is 6.17. The van der Waals surface area contributed by atoms with Gasteiger partial charge in [0.05, 0.1) is 6.61 Å². The van der Waals surface area contributed by atoms with Gasteiger partial charge in [-0.3, -0.25) is 0 Å². The molecule has 1 rings (SSSR count). The fourth-order valence-electron chi connectivity index (χ4n) is 1.06. The van der Waals surface area contributed by atoms with Crippen LogP contribution in [0.1, 0.15) is 0 Å². The normalized spacial score (nSPS) is 44.7. The highest BCUT2D eigenvalue weighted by atomic mass is 32.2. The Morgan fingerprint density at radius 3 is 2.27 bits per heavy atom. The van der Waals surface area contributed by atoms with Crippen LogP contribution in [0.2, 0.25) is 0 Å². The van der Waals surface area contributed by atoms with Crippen molar-refractivity contribution in [1.82, 2.24) is 0 Å². The Hall–Kier alpha value is 0.190. The lowest BCUT2D eigenvalue weighted by Gasteiger charge is -2.10. The molecule has 0 aromatic heterocycles. The van der Waals surface area contributed by atoms with Gasteiger partial charge in [-0.05, 0) is 6.26 Å². The van der Waals surface area contributed by atoms with Crippen molar-refractivity contribution in [2.75, 3.05) is 12.9 Å². The van der Waals surface area contributed by atoms with Gasteiger partial charge >= 0.3 is 0 Å². The van der Waals surface area contributed by atoms with E-state index in [1.54, 1.807) is 6.26 Å². The summed E-state index contributed by atoms with van der Waals surface area (Å²) in [5.41, 5.74) is -0.415. The van der Waals surface area contributed by atoms with Gasteiger partial charge in [-0.1, -0.05) is 0 Å². The highest BCUT2D eigenvalue weighted by Crippen LogP contribution is 2.27.